The van der Waals surface area contributed by atoms with E-state index in [1.807, 2.05) is 66.4 Å². The molecule has 0 bridgehead atoms. The maximum absolute atomic E-state index is 12.7. The van der Waals surface area contributed by atoms with E-state index < -0.39 is 0 Å². The molecule has 34 heavy (non-hydrogen) atoms. The van der Waals surface area contributed by atoms with Crippen LogP contribution < -0.4 is 23.8 Å². The lowest BCUT2D eigenvalue weighted by molar-refractivity contribution is -0.133. The van der Waals surface area contributed by atoms with Crippen LogP contribution in [0.3, 0.4) is 0 Å². The minimum absolute atomic E-state index is 0.0197. The summed E-state index contributed by atoms with van der Waals surface area (Å²) in [6.45, 7) is 5.23. The lowest BCUT2D eigenvalue weighted by atomic mass is 10.1. The van der Waals surface area contributed by atoms with Gasteiger partial charge in [-0.1, -0.05) is 12.1 Å². The third-order valence-corrected chi connectivity index (χ3v) is 5.78. The summed E-state index contributed by atoms with van der Waals surface area (Å²) in [7, 11) is 0. The van der Waals surface area contributed by atoms with Crippen molar-refractivity contribution in [2.75, 3.05) is 51.1 Å². The SMILES string of the molecule is CCOc1ccccc1OCC(=O)N1CCN(c2ccc(-c3ccc4c(c3)OCO4)nn2)CC1. The number of rotatable bonds is 7. The van der Waals surface area contributed by atoms with Gasteiger partial charge < -0.3 is 28.7 Å². The van der Waals surface area contributed by atoms with Crippen molar-refractivity contribution in [3.8, 4) is 34.3 Å². The van der Waals surface area contributed by atoms with E-state index in [4.69, 9.17) is 18.9 Å². The lowest BCUT2D eigenvalue weighted by Gasteiger charge is -2.35. The average molecular weight is 463 g/mol. The summed E-state index contributed by atoms with van der Waals surface area (Å²) in [5.41, 5.74) is 1.69. The largest absolute Gasteiger partial charge is 0.490 e. The molecule has 0 radical (unpaired) electrons. The van der Waals surface area contributed by atoms with Crippen LogP contribution in [0.5, 0.6) is 23.0 Å². The Hall–Kier alpha value is -4.01. The Bertz CT molecular complexity index is 1150. The summed E-state index contributed by atoms with van der Waals surface area (Å²) in [5.74, 6) is 3.42. The van der Waals surface area contributed by atoms with Gasteiger partial charge in [-0.2, -0.15) is 0 Å². The van der Waals surface area contributed by atoms with Gasteiger partial charge in [-0.05, 0) is 49.4 Å². The van der Waals surface area contributed by atoms with Gasteiger partial charge in [0.05, 0.1) is 12.3 Å². The van der Waals surface area contributed by atoms with Gasteiger partial charge >= 0.3 is 0 Å². The highest BCUT2D eigenvalue weighted by atomic mass is 16.7. The van der Waals surface area contributed by atoms with E-state index in [1.165, 1.54) is 0 Å². The van der Waals surface area contributed by atoms with Gasteiger partial charge in [0, 0.05) is 31.7 Å². The van der Waals surface area contributed by atoms with E-state index in [9.17, 15) is 4.79 Å². The first-order chi connectivity index (χ1) is 16.7. The molecule has 2 aliphatic rings. The van der Waals surface area contributed by atoms with Crippen LogP contribution in [-0.2, 0) is 4.79 Å². The fourth-order valence-electron chi connectivity index (χ4n) is 3.96. The maximum atomic E-state index is 12.7. The van der Waals surface area contributed by atoms with Gasteiger partial charge in [0.25, 0.3) is 5.91 Å². The Kier molecular flexibility index (Phi) is 6.33. The molecule has 1 fully saturated rings. The van der Waals surface area contributed by atoms with Crippen molar-refractivity contribution in [3.63, 3.8) is 0 Å². The molecule has 3 heterocycles. The van der Waals surface area contributed by atoms with Crippen molar-refractivity contribution in [1.82, 2.24) is 15.1 Å². The Morgan fingerprint density at radius 1 is 0.912 bits per heavy atom. The standard InChI is InChI=1S/C25H26N4O5/c1-2-31-20-5-3-4-6-21(20)32-16-25(30)29-13-11-28(12-14-29)24-10-8-19(26-27-24)18-7-9-22-23(15-18)34-17-33-22/h3-10,15H,2,11-14,16-17H2,1H3. The number of hydrogen-bond acceptors (Lipinski definition) is 8. The average Bonchev–Trinajstić information content (AvgIpc) is 3.36. The fourth-order valence-corrected chi connectivity index (χ4v) is 3.96. The van der Waals surface area contributed by atoms with Crippen molar-refractivity contribution in [2.24, 2.45) is 0 Å². The van der Waals surface area contributed by atoms with Gasteiger partial charge in [0.2, 0.25) is 6.79 Å². The Labute approximate surface area is 197 Å². The predicted molar refractivity (Wildman–Crippen MR) is 125 cm³/mol. The number of amides is 1. The third kappa shape index (κ3) is 4.68. The first-order valence-electron chi connectivity index (χ1n) is 11.3. The Balaban J connectivity index is 1.14. The minimum atomic E-state index is -0.0461. The van der Waals surface area contributed by atoms with Crippen LogP contribution in [0, 0.1) is 0 Å². The van der Waals surface area contributed by atoms with Crippen LogP contribution in [-0.4, -0.2) is 67.2 Å². The second-order valence-corrected chi connectivity index (χ2v) is 7.88. The van der Waals surface area contributed by atoms with Crippen LogP contribution in [0.4, 0.5) is 5.82 Å². The summed E-state index contributed by atoms with van der Waals surface area (Å²) in [4.78, 5) is 16.6. The normalized spacial score (nSPS) is 14.7. The Morgan fingerprint density at radius 2 is 1.68 bits per heavy atom. The fraction of sp³-hybridized carbons (Fsp3) is 0.320. The number of carbonyl (C=O) groups is 1. The number of para-hydroxylation sites is 2. The molecule has 1 saturated heterocycles. The van der Waals surface area contributed by atoms with Crippen molar-refractivity contribution < 1.29 is 23.7 Å². The van der Waals surface area contributed by atoms with Crippen molar-refractivity contribution in [3.05, 3.63) is 54.6 Å². The molecule has 2 aliphatic heterocycles. The van der Waals surface area contributed by atoms with Crippen LogP contribution in [0.1, 0.15) is 6.92 Å². The molecule has 9 nitrogen and oxygen atoms in total. The van der Waals surface area contributed by atoms with Crippen molar-refractivity contribution in [2.45, 2.75) is 6.92 Å². The molecule has 9 heteroatoms. The number of ether oxygens (including phenoxy) is 4. The van der Waals surface area contributed by atoms with E-state index >= 15 is 0 Å². The number of anilines is 1. The predicted octanol–water partition coefficient (Wildman–Crippen LogP) is 3.00. The molecular weight excluding hydrogens is 436 g/mol. The zero-order chi connectivity index (χ0) is 23.3. The van der Waals surface area contributed by atoms with E-state index in [1.54, 1.807) is 0 Å². The first-order valence-corrected chi connectivity index (χ1v) is 11.3. The summed E-state index contributed by atoms with van der Waals surface area (Å²) < 4.78 is 22.1. The molecule has 0 N–H and O–H groups in total. The topological polar surface area (TPSA) is 86.3 Å². The summed E-state index contributed by atoms with van der Waals surface area (Å²) in [5, 5.41) is 8.80. The molecule has 5 rings (SSSR count). The molecule has 0 atom stereocenters. The van der Waals surface area contributed by atoms with Gasteiger partial charge in [0.1, 0.15) is 0 Å². The third-order valence-electron chi connectivity index (χ3n) is 5.78. The van der Waals surface area contributed by atoms with E-state index in [0.717, 1.165) is 28.6 Å². The summed E-state index contributed by atoms with van der Waals surface area (Å²) in [6.07, 6.45) is 0. The molecule has 0 unspecified atom stereocenters. The second kappa shape index (κ2) is 9.86. The smallest absolute Gasteiger partial charge is 0.260 e. The zero-order valence-corrected chi connectivity index (χ0v) is 19.0. The monoisotopic (exact) mass is 462 g/mol. The molecule has 1 aromatic heterocycles. The molecule has 0 spiro atoms. The van der Waals surface area contributed by atoms with Gasteiger partial charge in [-0.3, -0.25) is 4.79 Å². The number of piperazine rings is 1. The minimum Gasteiger partial charge on any atom is -0.490 e. The highest BCUT2D eigenvalue weighted by Crippen LogP contribution is 2.35. The lowest BCUT2D eigenvalue weighted by Crippen LogP contribution is -2.50. The number of benzene rings is 2. The van der Waals surface area contributed by atoms with Crippen LogP contribution in [0.15, 0.2) is 54.6 Å². The molecule has 176 valence electrons. The van der Waals surface area contributed by atoms with Crippen LogP contribution in [0.2, 0.25) is 0 Å². The summed E-state index contributed by atoms with van der Waals surface area (Å²) >= 11 is 0. The number of carbonyl (C=O) groups excluding carboxylic acids is 1. The molecule has 0 saturated carbocycles. The number of hydrogen-bond donors (Lipinski definition) is 0. The molecule has 3 aromatic rings. The Morgan fingerprint density at radius 3 is 2.41 bits per heavy atom. The van der Waals surface area contributed by atoms with Gasteiger partial charge in [-0.25, -0.2) is 0 Å². The maximum Gasteiger partial charge on any atom is 0.260 e. The van der Waals surface area contributed by atoms with E-state index in [2.05, 4.69) is 15.1 Å². The van der Waals surface area contributed by atoms with Crippen LogP contribution in [0.25, 0.3) is 11.3 Å². The number of nitrogens with zero attached hydrogens (tertiary/aromatic N) is 4. The summed E-state index contributed by atoms with van der Waals surface area (Å²) in [6, 6.07) is 17.0. The number of aromatic nitrogens is 2. The van der Waals surface area contributed by atoms with Gasteiger partial charge in [0.15, 0.2) is 35.4 Å². The zero-order valence-electron chi connectivity index (χ0n) is 19.0. The highest BCUT2D eigenvalue weighted by molar-refractivity contribution is 5.78. The van der Waals surface area contributed by atoms with Gasteiger partial charge in [-0.15, -0.1) is 10.2 Å². The molecular formula is C25H26N4O5. The quantitative estimate of drug-likeness (QED) is 0.530. The number of fused-ring (bicyclic) bond motifs is 1. The highest BCUT2D eigenvalue weighted by Gasteiger charge is 2.23. The molecule has 2 aromatic carbocycles. The van der Waals surface area contributed by atoms with E-state index in [0.29, 0.717) is 44.3 Å². The molecule has 1 amide bonds. The van der Waals surface area contributed by atoms with Crippen LogP contribution >= 0.6 is 0 Å². The van der Waals surface area contributed by atoms with Crippen molar-refractivity contribution in [1.29, 1.82) is 0 Å². The second-order valence-electron chi connectivity index (χ2n) is 7.88. The molecule has 0 aliphatic carbocycles. The van der Waals surface area contributed by atoms with E-state index in [-0.39, 0.29) is 19.3 Å². The first kappa shape index (κ1) is 21.8. The van der Waals surface area contributed by atoms with Crippen molar-refractivity contribution >= 4 is 11.7 Å².